The first kappa shape index (κ1) is 24.1. The van der Waals surface area contributed by atoms with Crippen molar-refractivity contribution in [2.45, 2.75) is 57.1 Å². The number of hydrogen-bond donors (Lipinski definition) is 1. The minimum atomic E-state index is -3.49. The van der Waals surface area contributed by atoms with Crippen LogP contribution in [-0.2, 0) is 15.3 Å². The number of hydrogen-bond acceptors (Lipinski definition) is 6. The van der Waals surface area contributed by atoms with E-state index in [1.165, 1.54) is 29.0 Å². The van der Waals surface area contributed by atoms with Crippen molar-refractivity contribution >= 4 is 43.1 Å². The second kappa shape index (κ2) is 8.63. The van der Waals surface area contributed by atoms with Gasteiger partial charge < -0.3 is 5.32 Å². The number of amides is 1. The highest BCUT2D eigenvalue weighted by molar-refractivity contribution is 7.92. The van der Waals surface area contributed by atoms with Gasteiger partial charge >= 0.3 is 0 Å². The van der Waals surface area contributed by atoms with Gasteiger partial charge in [0.1, 0.15) is 5.82 Å². The minimum absolute atomic E-state index is 0.0252. The Bertz CT molecular complexity index is 1490. The van der Waals surface area contributed by atoms with Crippen LogP contribution >= 0.6 is 11.3 Å². The number of thiazole rings is 1. The molecule has 1 N–H and O–H groups in total. The maximum atomic E-state index is 13.0. The van der Waals surface area contributed by atoms with Crippen molar-refractivity contribution in [3.8, 4) is 5.13 Å². The third kappa shape index (κ3) is 4.63. The van der Waals surface area contributed by atoms with Crippen molar-refractivity contribution in [3.05, 3.63) is 65.4 Å². The number of aryl methyl sites for hydroxylation is 1. The zero-order chi connectivity index (χ0) is 24.8. The van der Waals surface area contributed by atoms with E-state index in [1.807, 2.05) is 13.0 Å². The van der Waals surface area contributed by atoms with Crippen molar-refractivity contribution in [1.29, 1.82) is 0 Å². The van der Waals surface area contributed by atoms with E-state index in [0.29, 0.717) is 10.9 Å². The van der Waals surface area contributed by atoms with Crippen LogP contribution in [0.3, 0.4) is 0 Å². The normalized spacial score (nSPS) is 12.4. The molecule has 1 amide bonds. The zero-order valence-corrected chi connectivity index (χ0v) is 21.7. The number of aromatic nitrogens is 3. The Labute approximate surface area is 203 Å². The smallest absolute Gasteiger partial charge is 0.256 e. The summed E-state index contributed by atoms with van der Waals surface area (Å²) in [6.07, 6.45) is 0. The third-order valence-corrected chi connectivity index (χ3v) is 8.69. The number of carbonyl (C=O) groups is 1. The molecule has 2 heterocycles. The van der Waals surface area contributed by atoms with Gasteiger partial charge in [0.2, 0.25) is 5.13 Å². The van der Waals surface area contributed by atoms with Gasteiger partial charge in [-0.3, -0.25) is 4.79 Å². The summed E-state index contributed by atoms with van der Waals surface area (Å²) in [5.74, 6) is 0.0489. The maximum Gasteiger partial charge on any atom is 0.256 e. The van der Waals surface area contributed by atoms with Crippen LogP contribution in [0.25, 0.3) is 15.3 Å². The summed E-state index contributed by atoms with van der Waals surface area (Å²) < 4.78 is 27.7. The highest BCUT2D eigenvalue weighted by Gasteiger charge is 2.22. The van der Waals surface area contributed by atoms with Gasteiger partial charge in [-0.25, -0.2) is 13.4 Å². The molecule has 2 aromatic heterocycles. The third-order valence-electron chi connectivity index (χ3n) is 5.54. The van der Waals surface area contributed by atoms with Crippen molar-refractivity contribution < 1.29 is 13.2 Å². The fourth-order valence-electron chi connectivity index (χ4n) is 3.48. The Hall–Kier alpha value is -3.04. The Morgan fingerprint density at radius 3 is 2.50 bits per heavy atom. The van der Waals surface area contributed by atoms with Gasteiger partial charge in [-0.05, 0) is 62.1 Å². The maximum absolute atomic E-state index is 13.0. The lowest BCUT2D eigenvalue weighted by Crippen LogP contribution is -2.17. The van der Waals surface area contributed by atoms with Gasteiger partial charge in [0.25, 0.3) is 5.91 Å². The molecule has 0 radical (unpaired) electrons. The molecule has 0 saturated heterocycles. The highest BCUT2D eigenvalue weighted by Crippen LogP contribution is 2.32. The summed E-state index contributed by atoms with van der Waals surface area (Å²) in [6.45, 7) is 11.6. The first-order valence-corrected chi connectivity index (χ1v) is 13.4. The highest BCUT2D eigenvalue weighted by atomic mass is 32.2. The lowest BCUT2D eigenvalue weighted by atomic mass is 9.87. The molecule has 9 heteroatoms. The van der Waals surface area contributed by atoms with Gasteiger partial charge in [0.05, 0.1) is 26.1 Å². The molecule has 0 saturated carbocycles. The Balaban J connectivity index is 1.67. The number of fused-ring (bicyclic) bond motifs is 1. The first-order valence-electron chi connectivity index (χ1n) is 11.0. The molecule has 0 aliphatic heterocycles. The van der Waals surface area contributed by atoms with E-state index in [9.17, 15) is 13.2 Å². The van der Waals surface area contributed by atoms with Crippen LogP contribution < -0.4 is 5.32 Å². The van der Waals surface area contributed by atoms with Gasteiger partial charge in [-0.15, -0.1) is 0 Å². The number of rotatable bonds is 5. The lowest BCUT2D eigenvalue weighted by molar-refractivity contribution is 0.102. The van der Waals surface area contributed by atoms with Crippen molar-refractivity contribution in [1.82, 2.24) is 14.8 Å². The lowest BCUT2D eigenvalue weighted by Gasteiger charge is -2.18. The molecule has 4 rings (SSSR count). The van der Waals surface area contributed by atoms with Crippen LogP contribution in [0.15, 0.2) is 53.4 Å². The Morgan fingerprint density at radius 1 is 1.09 bits per heavy atom. The summed E-state index contributed by atoms with van der Waals surface area (Å²) >= 11 is 1.50. The molecular formula is C25H28N4O3S2. The van der Waals surface area contributed by atoms with E-state index in [2.05, 4.69) is 43.3 Å². The van der Waals surface area contributed by atoms with E-state index in [1.54, 1.807) is 36.7 Å². The average molecular weight is 497 g/mol. The molecule has 0 bridgehead atoms. The number of nitrogens with one attached hydrogen (secondary N) is 1. The van der Waals surface area contributed by atoms with E-state index in [-0.39, 0.29) is 15.9 Å². The predicted molar refractivity (Wildman–Crippen MR) is 137 cm³/mol. The SMILES string of the molecule is Cc1cc(NC(=O)c2cccc(S(=O)(=O)C(C)C)c2)n(-c2nc3ccc(C(C)(C)C)cc3s2)n1. The van der Waals surface area contributed by atoms with E-state index in [4.69, 9.17) is 4.98 Å². The van der Waals surface area contributed by atoms with E-state index in [0.717, 1.165) is 15.9 Å². The number of anilines is 1. The Kier molecular flexibility index (Phi) is 6.12. The minimum Gasteiger partial charge on any atom is -0.306 e. The topological polar surface area (TPSA) is 94.0 Å². The molecule has 0 unspecified atom stereocenters. The predicted octanol–water partition coefficient (Wildman–Crippen LogP) is 5.52. The summed E-state index contributed by atoms with van der Waals surface area (Å²) in [5, 5.41) is 7.46. The van der Waals surface area contributed by atoms with Crippen molar-refractivity contribution in [2.75, 3.05) is 5.32 Å². The fourth-order valence-corrected chi connectivity index (χ4v) is 5.55. The van der Waals surface area contributed by atoms with E-state index < -0.39 is 21.0 Å². The number of nitrogens with zero attached hydrogens (tertiary/aromatic N) is 3. The zero-order valence-electron chi connectivity index (χ0n) is 20.1. The van der Waals surface area contributed by atoms with Crippen LogP contribution in [0.4, 0.5) is 5.82 Å². The summed E-state index contributed by atoms with van der Waals surface area (Å²) in [6, 6.07) is 14.1. The average Bonchev–Trinajstić information content (AvgIpc) is 3.35. The van der Waals surface area contributed by atoms with Crippen LogP contribution in [0.2, 0.25) is 0 Å². The Morgan fingerprint density at radius 2 is 1.82 bits per heavy atom. The van der Waals surface area contributed by atoms with Gasteiger partial charge in [-0.1, -0.05) is 44.2 Å². The molecule has 34 heavy (non-hydrogen) atoms. The van der Waals surface area contributed by atoms with Crippen LogP contribution in [0.1, 0.15) is 56.2 Å². The van der Waals surface area contributed by atoms with Crippen LogP contribution in [0.5, 0.6) is 0 Å². The molecule has 0 fully saturated rings. The second-order valence-electron chi connectivity index (χ2n) is 9.59. The van der Waals surface area contributed by atoms with Gasteiger partial charge in [0, 0.05) is 11.6 Å². The van der Waals surface area contributed by atoms with Gasteiger partial charge in [-0.2, -0.15) is 9.78 Å². The van der Waals surface area contributed by atoms with Crippen LogP contribution in [0, 0.1) is 6.92 Å². The number of carbonyl (C=O) groups excluding carboxylic acids is 1. The number of benzene rings is 2. The quantitative estimate of drug-likeness (QED) is 0.392. The van der Waals surface area contributed by atoms with Crippen molar-refractivity contribution in [3.63, 3.8) is 0 Å². The molecule has 7 nitrogen and oxygen atoms in total. The molecular weight excluding hydrogens is 468 g/mol. The van der Waals surface area contributed by atoms with Crippen LogP contribution in [-0.4, -0.2) is 34.3 Å². The summed E-state index contributed by atoms with van der Waals surface area (Å²) in [7, 11) is -3.49. The summed E-state index contributed by atoms with van der Waals surface area (Å²) in [5.41, 5.74) is 3.09. The molecule has 0 atom stereocenters. The van der Waals surface area contributed by atoms with Gasteiger partial charge in [0.15, 0.2) is 9.84 Å². The standard InChI is InChI=1S/C25H28N4O3S2/c1-15(2)34(31,32)19-9-7-8-17(13-19)23(30)27-22-12-16(3)28-29(22)24-26-20-11-10-18(25(4,5)6)14-21(20)33-24/h7-15H,1-6H3,(H,27,30). The molecule has 0 aliphatic rings. The first-order chi connectivity index (χ1) is 15.9. The van der Waals surface area contributed by atoms with E-state index >= 15 is 0 Å². The largest absolute Gasteiger partial charge is 0.306 e. The molecule has 178 valence electrons. The molecule has 4 aromatic rings. The molecule has 0 aliphatic carbocycles. The summed E-state index contributed by atoms with van der Waals surface area (Å²) in [4.78, 5) is 17.9. The molecule has 2 aromatic carbocycles. The number of sulfone groups is 1. The monoisotopic (exact) mass is 496 g/mol. The fraction of sp³-hybridized carbons (Fsp3) is 0.320. The van der Waals surface area contributed by atoms with Crippen molar-refractivity contribution in [2.24, 2.45) is 0 Å². The molecule has 0 spiro atoms. The second-order valence-corrected chi connectivity index (χ2v) is 13.1.